The average molecular weight is 432 g/mol. The molecule has 2 aliphatic rings. The van der Waals surface area contributed by atoms with Crippen molar-refractivity contribution in [2.45, 2.75) is 49.3 Å². The Morgan fingerprint density at radius 1 is 1.34 bits per heavy atom. The molecule has 154 valence electrons. The summed E-state index contributed by atoms with van der Waals surface area (Å²) < 4.78 is 7.21. The molecule has 6 nitrogen and oxygen atoms in total. The average Bonchev–Trinajstić information content (AvgIpc) is 3.35. The van der Waals surface area contributed by atoms with Gasteiger partial charge in [0.2, 0.25) is 5.91 Å². The molecule has 3 heterocycles. The molecule has 1 aromatic heterocycles. The number of hydrogen-bond acceptors (Lipinski definition) is 6. The van der Waals surface area contributed by atoms with Crippen LogP contribution in [0.3, 0.4) is 0 Å². The predicted octanol–water partition coefficient (Wildman–Crippen LogP) is 2.88. The van der Waals surface area contributed by atoms with Gasteiger partial charge in [-0.2, -0.15) is 0 Å². The fourth-order valence-electron chi connectivity index (χ4n) is 3.71. The summed E-state index contributed by atoms with van der Waals surface area (Å²) in [5, 5.41) is 3.51. The van der Waals surface area contributed by atoms with Gasteiger partial charge in [-0.1, -0.05) is 17.8 Å². The highest BCUT2D eigenvalue weighted by Gasteiger charge is 2.23. The lowest BCUT2D eigenvalue weighted by molar-refractivity contribution is -0.119. The molecular formula is C21H25N3O3S2. The molecule has 1 saturated heterocycles. The van der Waals surface area contributed by atoms with Crippen molar-refractivity contribution in [3.8, 4) is 5.69 Å². The number of thioether (sulfide) groups is 2. The molecule has 4 rings (SSSR count). The molecule has 0 bridgehead atoms. The van der Waals surface area contributed by atoms with Crippen molar-refractivity contribution < 1.29 is 9.53 Å². The van der Waals surface area contributed by atoms with Gasteiger partial charge in [0.05, 0.1) is 28.1 Å². The number of amides is 1. The topological polar surface area (TPSA) is 73.2 Å². The largest absolute Gasteiger partial charge is 0.376 e. The molecule has 1 amide bonds. The van der Waals surface area contributed by atoms with Crippen molar-refractivity contribution in [2.24, 2.45) is 0 Å². The predicted molar refractivity (Wildman–Crippen MR) is 116 cm³/mol. The zero-order chi connectivity index (χ0) is 20.4. The summed E-state index contributed by atoms with van der Waals surface area (Å²) in [5.74, 6) is 1.03. The highest BCUT2D eigenvalue weighted by Crippen LogP contribution is 2.30. The lowest BCUT2D eigenvalue weighted by Gasteiger charge is -2.15. The second-order valence-corrected chi connectivity index (χ2v) is 9.53. The van der Waals surface area contributed by atoms with E-state index >= 15 is 0 Å². The molecule has 1 aromatic carbocycles. The number of aromatic nitrogens is 2. The smallest absolute Gasteiger partial charge is 0.272 e. The highest BCUT2D eigenvalue weighted by atomic mass is 32.2. The number of rotatable bonds is 6. The van der Waals surface area contributed by atoms with Gasteiger partial charge in [0.15, 0.2) is 5.16 Å². The van der Waals surface area contributed by atoms with E-state index in [1.807, 2.05) is 26.0 Å². The quantitative estimate of drug-likeness (QED) is 0.560. The summed E-state index contributed by atoms with van der Waals surface area (Å²) in [7, 11) is 0. The van der Waals surface area contributed by atoms with Gasteiger partial charge in [-0.15, -0.1) is 11.8 Å². The van der Waals surface area contributed by atoms with Crippen molar-refractivity contribution in [3.05, 3.63) is 45.4 Å². The maximum atomic E-state index is 13.2. The number of fused-ring (bicyclic) bond motifs is 1. The van der Waals surface area contributed by atoms with Crippen molar-refractivity contribution >= 4 is 29.4 Å². The van der Waals surface area contributed by atoms with Gasteiger partial charge in [-0.3, -0.25) is 14.2 Å². The number of carbonyl (C=O) groups excluding carboxylic acids is 1. The van der Waals surface area contributed by atoms with Crippen LogP contribution in [-0.4, -0.2) is 46.2 Å². The Hall–Kier alpha value is -1.77. The van der Waals surface area contributed by atoms with Gasteiger partial charge in [0.25, 0.3) is 5.56 Å². The third kappa shape index (κ3) is 4.70. The summed E-state index contributed by atoms with van der Waals surface area (Å²) in [6.07, 6.45) is 2.95. The van der Waals surface area contributed by atoms with Crippen molar-refractivity contribution in [3.63, 3.8) is 0 Å². The molecule has 29 heavy (non-hydrogen) atoms. The van der Waals surface area contributed by atoms with Gasteiger partial charge in [-0.05, 0) is 49.9 Å². The SMILES string of the molecule is Cc1cc(C)cc(-n2c(SCC(=O)NC[C@@H]3CCCO3)nc3c(c2=O)SCC3)c1. The molecule has 8 heteroatoms. The van der Waals surface area contributed by atoms with Gasteiger partial charge in [-0.25, -0.2) is 4.98 Å². The van der Waals surface area contributed by atoms with Crippen LogP contribution in [0, 0.1) is 13.8 Å². The molecule has 0 spiro atoms. The number of ether oxygens (including phenoxy) is 1. The second-order valence-electron chi connectivity index (χ2n) is 7.48. The highest BCUT2D eigenvalue weighted by molar-refractivity contribution is 8.00. The van der Waals surface area contributed by atoms with Crippen molar-refractivity contribution in [1.29, 1.82) is 0 Å². The lowest BCUT2D eigenvalue weighted by Crippen LogP contribution is -2.33. The van der Waals surface area contributed by atoms with Crippen LogP contribution in [0.5, 0.6) is 0 Å². The maximum Gasteiger partial charge on any atom is 0.272 e. The van der Waals surface area contributed by atoms with Crippen LogP contribution in [0.25, 0.3) is 5.69 Å². The molecule has 2 aromatic rings. The number of hydrogen-bond donors (Lipinski definition) is 1. The first-order chi connectivity index (χ1) is 14.0. The fraction of sp³-hybridized carbons (Fsp3) is 0.476. The molecule has 0 saturated carbocycles. The summed E-state index contributed by atoms with van der Waals surface area (Å²) in [4.78, 5) is 31.1. The van der Waals surface area contributed by atoms with Gasteiger partial charge in [0.1, 0.15) is 0 Å². The summed E-state index contributed by atoms with van der Waals surface area (Å²) in [6.45, 7) is 5.34. The molecule has 0 radical (unpaired) electrons. The molecule has 1 fully saturated rings. The van der Waals surface area contributed by atoms with E-state index in [4.69, 9.17) is 9.72 Å². The van der Waals surface area contributed by atoms with E-state index in [1.54, 1.807) is 16.3 Å². The van der Waals surface area contributed by atoms with E-state index in [-0.39, 0.29) is 23.3 Å². The van der Waals surface area contributed by atoms with Gasteiger partial charge < -0.3 is 10.1 Å². The summed E-state index contributed by atoms with van der Waals surface area (Å²) >= 11 is 2.88. The molecule has 2 aliphatic heterocycles. The number of aryl methyl sites for hydroxylation is 3. The number of benzene rings is 1. The minimum Gasteiger partial charge on any atom is -0.376 e. The second kappa shape index (κ2) is 8.93. The van der Waals surface area contributed by atoms with Crippen molar-refractivity contribution in [2.75, 3.05) is 24.7 Å². The van der Waals surface area contributed by atoms with E-state index in [1.165, 1.54) is 11.8 Å². The summed E-state index contributed by atoms with van der Waals surface area (Å²) in [6, 6.07) is 6.06. The van der Waals surface area contributed by atoms with Crippen LogP contribution in [-0.2, 0) is 16.0 Å². The van der Waals surface area contributed by atoms with Crippen LogP contribution in [0.2, 0.25) is 0 Å². The minimum atomic E-state index is -0.0680. The molecule has 0 aliphatic carbocycles. The standard InChI is InChI=1S/C21H25N3O3S2/c1-13-8-14(2)10-15(9-13)24-20(26)19-17(5-7-28-19)23-21(24)29-12-18(25)22-11-16-4-3-6-27-16/h8-10,16H,3-7,11-12H2,1-2H3,(H,22,25)/t16-/m0/s1. The van der Waals surface area contributed by atoms with E-state index < -0.39 is 0 Å². The Labute approximate surface area is 178 Å². The van der Waals surface area contributed by atoms with Crippen LogP contribution in [0.15, 0.2) is 33.0 Å². The molecular weight excluding hydrogens is 406 g/mol. The molecule has 1 atom stereocenters. The fourth-order valence-corrected chi connectivity index (χ4v) is 5.59. The van der Waals surface area contributed by atoms with Crippen LogP contribution in [0.4, 0.5) is 0 Å². The van der Waals surface area contributed by atoms with Crippen molar-refractivity contribution in [1.82, 2.24) is 14.9 Å². The number of nitrogens with one attached hydrogen (secondary N) is 1. The van der Waals surface area contributed by atoms with E-state index in [9.17, 15) is 9.59 Å². The van der Waals surface area contributed by atoms with Crippen LogP contribution >= 0.6 is 23.5 Å². The van der Waals surface area contributed by atoms with E-state index in [2.05, 4.69) is 11.4 Å². The normalized spacial score (nSPS) is 18.1. The molecule has 0 unspecified atom stereocenters. The maximum absolute atomic E-state index is 13.2. The third-order valence-corrected chi connectivity index (χ3v) is 7.06. The first-order valence-electron chi connectivity index (χ1n) is 9.90. The number of carbonyl (C=O) groups is 1. The Bertz CT molecular complexity index is 964. The first kappa shape index (κ1) is 20.5. The van der Waals surface area contributed by atoms with Gasteiger partial charge in [0, 0.05) is 25.3 Å². The zero-order valence-electron chi connectivity index (χ0n) is 16.7. The monoisotopic (exact) mass is 431 g/mol. The van der Waals surface area contributed by atoms with E-state index in [0.717, 1.165) is 59.0 Å². The number of nitrogens with zero attached hydrogens (tertiary/aromatic N) is 2. The minimum absolute atomic E-state index is 0.0373. The Morgan fingerprint density at radius 2 is 2.14 bits per heavy atom. The lowest BCUT2D eigenvalue weighted by atomic mass is 10.1. The Balaban J connectivity index is 1.57. The van der Waals surface area contributed by atoms with Crippen LogP contribution in [0.1, 0.15) is 29.7 Å². The van der Waals surface area contributed by atoms with E-state index in [0.29, 0.717) is 11.7 Å². The summed E-state index contributed by atoms with van der Waals surface area (Å²) in [5.41, 5.74) is 3.79. The molecule has 1 N–H and O–H groups in total. The zero-order valence-corrected chi connectivity index (χ0v) is 18.3. The Kier molecular flexibility index (Phi) is 6.32. The Morgan fingerprint density at radius 3 is 2.86 bits per heavy atom. The van der Waals surface area contributed by atoms with Gasteiger partial charge >= 0.3 is 0 Å². The first-order valence-corrected chi connectivity index (χ1v) is 11.9. The third-order valence-electron chi connectivity index (χ3n) is 5.01. The van der Waals surface area contributed by atoms with Crippen LogP contribution < -0.4 is 10.9 Å².